The minimum absolute atomic E-state index is 0.00680. The van der Waals surface area contributed by atoms with E-state index in [2.05, 4.69) is 16.1 Å². The fourth-order valence-electron chi connectivity index (χ4n) is 3.37. The first-order chi connectivity index (χ1) is 12.0. The molecule has 0 saturated carbocycles. The predicted molar refractivity (Wildman–Crippen MR) is 98.8 cm³/mol. The van der Waals surface area contributed by atoms with Crippen molar-refractivity contribution in [2.24, 2.45) is 5.92 Å². The number of nitrogens with one attached hydrogen (secondary N) is 1. The van der Waals surface area contributed by atoms with Gasteiger partial charge in [-0.1, -0.05) is 5.92 Å². The van der Waals surface area contributed by atoms with E-state index in [1.54, 1.807) is 24.3 Å². The Hall–Kier alpha value is -2.04. The third-order valence-electron chi connectivity index (χ3n) is 4.80. The number of sulfonamides is 1. The molecule has 1 aromatic carbocycles. The number of nitrogens with zero attached hydrogens (tertiary/aromatic N) is 2. The first kappa shape index (κ1) is 17.8. The van der Waals surface area contributed by atoms with Crippen molar-refractivity contribution < 1.29 is 13.2 Å². The van der Waals surface area contributed by atoms with Gasteiger partial charge in [-0.2, -0.15) is 0 Å². The summed E-state index contributed by atoms with van der Waals surface area (Å²) in [4.78, 5) is 14.6. The molecule has 0 aromatic heterocycles. The largest absolute Gasteiger partial charge is 0.326 e. The van der Waals surface area contributed by atoms with Gasteiger partial charge in [-0.25, -0.2) is 8.42 Å². The number of amides is 1. The number of piperidine rings is 1. The fraction of sp³-hybridized carbons (Fsp3) is 0.500. The highest BCUT2D eigenvalue weighted by Gasteiger charge is 2.28. The highest BCUT2D eigenvalue weighted by atomic mass is 32.2. The standard InChI is InChI=1S/C18H23N3O3S/c1-2-10-20-12-8-15(9-13-20)18(22)19-16-4-6-17(7-5-16)21-11-3-14-25(21,23)24/h1,4-7,15H,3,8-14H2,(H,19,22). The van der Waals surface area contributed by atoms with Crippen molar-refractivity contribution >= 4 is 27.3 Å². The highest BCUT2D eigenvalue weighted by Crippen LogP contribution is 2.26. The van der Waals surface area contributed by atoms with Gasteiger partial charge in [0.2, 0.25) is 15.9 Å². The summed E-state index contributed by atoms with van der Waals surface area (Å²) < 4.78 is 25.3. The van der Waals surface area contributed by atoms with Gasteiger partial charge >= 0.3 is 0 Å². The van der Waals surface area contributed by atoms with Crippen LogP contribution in [0.15, 0.2) is 24.3 Å². The SMILES string of the molecule is C#CCN1CCC(C(=O)Nc2ccc(N3CCCS3(=O)=O)cc2)CC1. The molecule has 134 valence electrons. The van der Waals surface area contributed by atoms with Crippen molar-refractivity contribution in [1.29, 1.82) is 0 Å². The second kappa shape index (κ2) is 7.46. The third-order valence-corrected chi connectivity index (χ3v) is 6.66. The maximum Gasteiger partial charge on any atom is 0.235 e. The Bertz CT molecular complexity index is 760. The number of anilines is 2. The first-order valence-electron chi connectivity index (χ1n) is 8.57. The van der Waals surface area contributed by atoms with E-state index in [1.165, 1.54) is 4.31 Å². The van der Waals surface area contributed by atoms with Gasteiger partial charge in [0.15, 0.2) is 0 Å². The molecule has 7 heteroatoms. The summed E-state index contributed by atoms with van der Waals surface area (Å²) in [6, 6.07) is 7.01. The summed E-state index contributed by atoms with van der Waals surface area (Å²) in [7, 11) is -3.18. The van der Waals surface area contributed by atoms with E-state index in [0.29, 0.717) is 30.9 Å². The number of carbonyl (C=O) groups excluding carboxylic acids is 1. The van der Waals surface area contributed by atoms with Crippen LogP contribution in [-0.4, -0.2) is 51.2 Å². The molecule has 2 saturated heterocycles. The van der Waals surface area contributed by atoms with E-state index in [0.717, 1.165) is 25.9 Å². The minimum atomic E-state index is -3.18. The van der Waals surface area contributed by atoms with Gasteiger partial charge < -0.3 is 5.32 Å². The lowest BCUT2D eigenvalue weighted by Crippen LogP contribution is -2.38. The van der Waals surface area contributed by atoms with Crippen LogP contribution >= 0.6 is 0 Å². The number of carbonyl (C=O) groups is 1. The molecule has 1 N–H and O–H groups in total. The van der Waals surface area contributed by atoms with Crippen LogP contribution in [-0.2, 0) is 14.8 Å². The predicted octanol–water partition coefficient (Wildman–Crippen LogP) is 1.51. The van der Waals surface area contributed by atoms with E-state index in [4.69, 9.17) is 6.42 Å². The van der Waals surface area contributed by atoms with Crippen molar-refractivity contribution in [2.75, 3.05) is 41.6 Å². The molecule has 2 aliphatic heterocycles. The van der Waals surface area contributed by atoms with E-state index in [9.17, 15) is 13.2 Å². The Balaban J connectivity index is 1.57. The molecular weight excluding hydrogens is 338 g/mol. The Kier molecular flexibility index (Phi) is 5.30. The van der Waals surface area contributed by atoms with Gasteiger partial charge in [-0.3, -0.25) is 14.0 Å². The summed E-state index contributed by atoms with van der Waals surface area (Å²) in [5, 5.41) is 2.93. The zero-order valence-corrected chi connectivity index (χ0v) is 15.0. The third kappa shape index (κ3) is 4.14. The molecule has 2 aliphatic rings. The van der Waals surface area contributed by atoms with Gasteiger partial charge in [0.1, 0.15) is 0 Å². The monoisotopic (exact) mass is 361 g/mol. The smallest absolute Gasteiger partial charge is 0.235 e. The lowest BCUT2D eigenvalue weighted by Gasteiger charge is -2.29. The summed E-state index contributed by atoms with van der Waals surface area (Å²) in [6.07, 6.45) is 7.58. The van der Waals surface area contributed by atoms with Crippen molar-refractivity contribution in [3.8, 4) is 12.3 Å². The number of likely N-dealkylation sites (tertiary alicyclic amines) is 1. The molecule has 0 atom stereocenters. The maximum absolute atomic E-state index is 12.4. The first-order valence-corrected chi connectivity index (χ1v) is 10.2. The zero-order chi connectivity index (χ0) is 17.9. The van der Waals surface area contributed by atoms with Crippen molar-refractivity contribution in [1.82, 2.24) is 4.90 Å². The average molecular weight is 361 g/mol. The lowest BCUT2D eigenvalue weighted by molar-refractivity contribution is -0.121. The van der Waals surface area contributed by atoms with Gasteiger partial charge in [0.25, 0.3) is 0 Å². The van der Waals surface area contributed by atoms with Crippen LogP contribution in [0.3, 0.4) is 0 Å². The molecule has 0 radical (unpaired) electrons. The molecule has 2 heterocycles. The van der Waals surface area contributed by atoms with Crippen LogP contribution in [0.25, 0.3) is 0 Å². The van der Waals surface area contributed by atoms with Crippen molar-refractivity contribution in [2.45, 2.75) is 19.3 Å². The fourth-order valence-corrected chi connectivity index (χ4v) is 4.93. The topological polar surface area (TPSA) is 69.7 Å². The maximum atomic E-state index is 12.4. The van der Waals surface area contributed by atoms with E-state index < -0.39 is 10.0 Å². The van der Waals surface area contributed by atoms with Gasteiger partial charge in [0, 0.05) is 18.2 Å². The number of terminal acetylenes is 1. The zero-order valence-electron chi connectivity index (χ0n) is 14.1. The minimum Gasteiger partial charge on any atom is -0.326 e. The Morgan fingerprint density at radius 2 is 1.88 bits per heavy atom. The van der Waals surface area contributed by atoms with E-state index in [1.807, 2.05) is 0 Å². The molecular formula is C18H23N3O3S. The average Bonchev–Trinajstić information content (AvgIpc) is 2.96. The molecule has 25 heavy (non-hydrogen) atoms. The quantitative estimate of drug-likeness (QED) is 0.826. The molecule has 1 aromatic rings. The second-order valence-electron chi connectivity index (χ2n) is 6.53. The van der Waals surface area contributed by atoms with Crippen LogP contribution in [0, 0.1) is 18.3 Å². The Morgan fingerprint density at radius 1 is 1.20 bits per heavy atom. The summed E-state index contributed by atoms with van der Waals surface area (Å²) in [5.41, 5.74) is 1.34. The Labute approximate surface area is 149 Å². The molecule has 3 rings (SSSR count). The van der Waals surface area contributed by atoms with Crippen LogP contribution in [0.1, 0.15) is 19.3 Å². The highest BCUT2D eigenvalue weighted by molar-refractivity contribution is 7.93. The normalized spacial score (nSPS) is 21.0. The molecule has 2 fully saturated rings. The second-order valence-corrected chi connectivity index (χ2v) is 8.55. The number of hydrogen-bond donors (Lipinski definition) is 1. The molecule has 0 spiro atoms. The van der Waals surface area contributed by atoms with Crippen LogP contribution in [0.4, 0.5) is 11.4 Å². The molecule has 0 bridgehead atoms. The lowest BCUT2D eigenvalue weighted by atomic mass is 9.96. The van der Waals surface area contributed by atoms with Gasteiger partial charge in [0.05, 0.1) is 18.0 Å². The van der Waals surface area contributed by atoms with Gasteiger partial charge in [-0.15, -0.1) is 6.42 Å². The number of hydrogen-bond acceptors (Lipinski definition) is 4. The Morgan fingerprint density at radius 3 is 2.44 bits per heavy atom. The summed E-state index contributed by atoms with van der Waals surface area (Å²) in [5.74, 6) is 2.84. The number of benzene rings is 1. The molecule has 0 aliphatic carbocycles. The van der Waals surface area contributed by atoms with Gasteiger partial charge in [-0.05, 0) is 56.6 Å². The number of rotatable bonds is 4. The molecule has 0 unspecified atom stereocenters. The van der Waals surface area contributed by atoms with Crippen molar-refractivity contribution in [3.63, 3.8) is 0 Å². The van der Waals surface area contributed by atoms with Crippen LogP contribution in [0.2, 0.25) is 0 Å². The molecule has 6 nitrogen and oxygen atoms in total. The molecule has 1 amide bonds. The van der Waals surface area contributed by atoms with Crippen molar-refractivity contribution in [3.05, 3.63) is 24.3 Å². The van der Waals surface area contributed by atoms with Crippen LogP contribution < -0.4 is 9.62 Å². The van der Waals surface area contributed by atoms with E-state index in [-0.39, 0.29) is 17.6 Å². The summed E-state index contributed by atoms with van der Waals surface area (Å²) in [6.45, 7) is 2.83. The van der Waals surface area contributed by atoms with E-state index >= 15 is 0 Å². The summed E-state index contributed by atoms with van der Waals surface area (Å²) >= 11 is 0. The van der Waals surface area contributed by atoms with Crippen LogP contribution in [0.5, 0.6) is 0 Å².